The van der Waals surface area contributed by atoms with Crippen molar-refractivity contribution in [2.45, 2.75) is 44.7 Å². The van der Waals surface area contributed by atoms with Crippen LogP contribution >= 0.6 is 15.9 Å². The lowest BCUT2D eigenvalue weighted by molar-refractivity contribution is -0.186. The van der Waals surface area contributed by atoms with Gasteiger partial charge in [0.1, 0.15) is 5.75 Å². The first kappa shape index (κ1) is 23.4. The van der Waals surface area contributed by atoms with Crippen LogP contribution in [0, 0.1) is 11.8 Å². The van der Waals surface area contributed by atoms with Crippen molar-refractivity contribution in [1.29, 1.82) is 0 Å². The summed E-state index contributed by atoms with van der Waals surface area (Å²) < 4.78 is 44.1. The van der Waals surface area contributed by atoms with Gasteiger partial charge in [-0.3, -0.25) is 4.79 Å². The molecule has 0 aromatic heterocycles. The number of alkyl halides is 3. The van der Waals surface area contributed by atoms with Gasteiger partial charge in [-0.15, -0.1) is 0 Å². The van der Waals surface area contributed by atoms with Crippen molar-refractivity contribution in [3.05, 3.63) is 28.2 Å². The molecule has 0 saturated carbocycles. The third-order valence-corrected chi connectivity index (χ3v) is 7.24. The smallest absolute Gasteiger partial charge is 0.471 e. The molecule has 0 atom stereocenters. The molecule has 0 unspecified atom stereocenters. The molecular formula is C22H30BrF3N2O2. The third-order valence-electron chi connectivity index (χ3n) is 6.47. The van der Waals surface area contributed by atoms with E-state index in [2.05, 4.69) is 26.9 Å². The second-order valence-corrected chi connectivity index (χ2v) is 9.32. The van der Waals surface area contributed by atoms with E-state index in [0.29, 0.717) is 24.7 Å². The molecule has 2 aliphatic heterocycles. The van der Waals surface area contributed by atoms with Crippen LogP contribution in [0.5, 0.6) is 5.75 Å². The maximum Gasteiger partial charge on any atom is 0.471 e. The summed E-state index contributed by atoms with van der Waals surface area (Å²) in [5.41, 5.74) is 1.29. The highest BCUT2D eigenvalue weighted by atomic mass is 79.9. The standard InChI is InChI=1S/C22H30BrF3N2O2/c1-30-19-2-3-20(23)18(15-19)14-17-5-10-27(11-6-17)9-4-16-7-12-28(13-8-16)21(29)22(24,25)26/h2-3,15-17H,4-14H2,1H3. The lowest BCUT2D eigenvalue weighted by Crippen LogP contribution is -2.45. The average Bonchev–Trinajstić information content (AvgIpc) is 2.74. The van der Waals surface area contributed by atoms with E-state index in [1.807, 2.05) is 12.1 Å². The summed E-state index contributed by atoms with van der Waals surface area (Å²) in [6, 6.07) is 6.10. The molecule has 4 nitrogen and oxygen atoms in total. The fraction of sp³-hybridized carbons (Fsp3) is 0.682. The highest BCUT2D eigenvalue weighted by molar-refractivity contribution is 9.10. The number of ether oxygens (including phenoxy) is 1. The second-order valence-electron chi connectivity index (χ2n) is 8.47. The molecule has 2 aliphatic rings. The Bertz CT molecular complexity index is 713. The SMILES string of the molecule is COc1ccc(Br)c(CC2CCN(CCC3CCN(C(=O)C(F)(F)F)CC3)CC2)c1. The number of halogens is 4. The van der Waals surface area contributed by atoms with Crippen molar-refractivity contribution in [3.63, 3.8) is 0 Å². The van der Waals surface area contributed by atoms with Crippen molar-refractivity contribution in [2.24, 2.45) is 11.8 Å². The summed E-state index contributed by atoms with van der Waals surface area (Å²) in [4.78, 5) is 14.8. The Morgan fingerprint density at radius 1 is 1.10 bits per heavy atom. The molecule has 1 aromatic carbocycles. The number of likely N-dealkylation sites (tertiary alicyclic amines) is 2. The van der Waals surface area contributed by atoms with E-state index in [-0.39, 0.29) is 13.1 Å². The number of carbonyl (C=O) groups excluding carboxylic acids is 1. The van der Waals surface area contributed by atoms with Gasteiger partial charge in [0.2, 0.25) is 0 Å². The largest absolute Gasteiger partial charge is 0.497 e. The van der Waals surface area contributed by atoms with Crippen molar-refractivity contribution in [2.75, 3.05) is 39.8 Å². The Balaban J connectivity index is 1.36. The van der Waals surface area contributed by atoms with Crippen LogP contribution in [-0.2, 0) is 11.2 Å². The number of nitrogens with zero attached hydrogens (tertiary/aromatic N) is 2. The summed E-state index contributed by atoms with van der Waals surface area (Å²) in [5, 5.41) is 0. The Kier molecular flexibility index (Phi) is 8.07. The minimum atomic E-state index is -4.75. The molecule has 2 fully saturated rings. The molecule has 0 bridgehead atoms. The predicted octanol–water partition coefficient (Wildman–Crippen LogP) is 4.90. The molecule has 2 saturated heterocycles. The summed E-state index contributed by atoms with van der Waals surface area (Å²) in [7, 11) is 1.68. The molecule has 2 heterocycles. The number of piperidine rings is 2. The van der Waals surface area contributed by atoms with E-state index >= 15 is 0 Å². The maximum atomic E-state index is 12.5. The average molecular weight is 491 g/mol. The fourth-order valence-corrected chi connectivity index (χ4v) is 4.94. The second kappa shape index (κ2) is 10.4. The van der Waals surface area contributed by atoms with Crippen molar-refractivity contribution in [1.82, 2.24) is 9.80 Å². The van der Waals surface area contributed by atoms with Crippen molar-refractivity contribution in [3.8, 4) is 5.75 Å². The molecule has 3 rings (SSSR count). The summed E-state index contributed by atoms with van der Waals surface area (Å²) >= 11 is 3.64. The molecule has 8 heteroatoms. The van der Waals surface area contributed by atoms with Gasteiger partial charge in [-0.25, -0.2) is 0 Å². The van der Waals surface area contributed by atoms with E-state index in [4.69, 9.17) is 4.74 Å². The Labute approximate surface area is 184 Å². The zero-order valence-electron chi connectivity index (χ0n) is 17.4. The van der Waals surface area contributed by atoms with E-state index in [1.54, 1.807) is 7.11 Å². The summed E-state index contributed by atoms with van der Waals surface area (Å²) in [6.07, 6.45) is 0.934. The number of rotatable bonds is 6. The number of carbonyl (C=O) groups is 1. The van der Waals surface area contributed by atoms with Crippen LogP contribution in [-0.4, -0.2) is 61.7 Å². The quantitative estimate of drug-likeness (QED) is 0.568. The molecule has 0 aliphatic carbocycles. The van der Waals surface area contributed by atoms with E-state index in [0.717, 1.165) is 60.4 Å². The Morgan fingerprint density at radius 3 is 2.33 bits per heavy atom. The summed E-state index contributed by atoms with van der Waals surface area (Å²) in [6.45, 7) is 3.57. The molecule has 168 valence electrons. The minimum absolute atomic E-state index is 0.223. The number of methoxy groups -OCH3 is 1. The molecule has 1 amide bonds. The normalized spacial score (nSPS) is 19.8. The molecule has 1 aromatic rings. The van der Waals surface area contributed by atoms with Crippen LogP contribution < -0.4 is 4.74 Å². The number of amides is 1. The Hall–Kier alpha value is -1.28. The van der Waals surface area contributed by atoms with E-state index in [1.165, 1.54) is 5.56 Å². The first-order chi connectivity index (χ1) is 14.3. The summed E-state index contributed by atoms with van der Waals surface area (Å²) in [5.74, 6) is 0.258. The van der Waals surface area contributed by atoms with Crippen LogP contribution in [0.25, 0.3) is 0 Å². The number of hydrogen-bond donors (Lipinski definition) is 0. The molecule has 0 spiro atoms. The van der Waals surface area contributed by atoms with Crippen LogP contribution in [0.2, 0.25) is 0 Å². The van der Waals surface area contributed by atoms with Crippen LogP contribution in [0.3, 0.4) is 0 Å². The van der Waals surface area contributed by atoms with Gasteiger partial charge in [-0.1, -0.05) is 15.9 Å². The van der Waals surface area contributed by atoms with Gasteiger partial charge >= 0.3 is 12.1 Å². The van der Waals surface area contributed by atoms with Gasteiger partial charge < -0.3 is 14.5 Å². The Morgan fingerprint density at radius 2 is 1.73 bits per heavy atom. The number of benzene rings is 1. The van der Waals surface area contributed by atoms with Gasteiger partial charge in [-0.2, -0.15) is 13.2 Å². The highest BCUT2D eigenvalue weighted by Gasteiger charge is 2.43. The fourth-order valence-electron chi connectivity index (χ4n) is 4.53. The van der Waals surface area contributed by atoms with Gasteiger partial charge in [0, 0.05) is 17.6 Å². The molecule has 30 heavy (non-hydrogen) atoms. The van der Waals surface area contributed by atoms with Crippen LogP contribution in [0.4, 0.5) is 13.2 Å². The molecule has 0 N–H and O–H groups in total. The molecular weight excluding hydrogens is 461 g/mol. The first-order valence-electron chi connectivity index (χ1n) is 10.7. The van der Waals surface area contributed by atoms with Crippen molar-refractivity contribution >= 4 is 21.8 Å². The van der Waals surface area contributed by atoms with Gasteiger partial charge in [-0.05, 0) is 93.8 Å². The first-order valence-corrected chi connectivity index (χ1v) is 11.5. The zero-order valence-corrected chi connectivity index (χ0v) is 19.0. The van der Waals surface area contributed by atoms with E-state index in [9.17, 15) is 18.0 Å². The van der Waals surface area contributed by atoms with Gasteiger partial charge in [0.25, 0.3) is 0 Å². The minimum Gasteiger partial charge on any atom is -0.497 e. The van der Waals surface area contributed by atoms with Gasteiger partial charge in [0.05, 0.1) is 7.11 Å². The monoisotopic (exact) mass is 490 g/mol. The lowest BCUT2D eigenvalue weighted by atomic mass is 9.89. The van der Waals surface area contributed by atoms with Crippen LogP contribution in [0.15, 0.2) is 22.7 Å². The van der Waals surface area contributed by atoms with Crippen LogP contribution in [0.1, 0.15) is 37.7 Å². The van der Waals surface area contributed by atoms with Gasteiger partial charge in [0.15, 0.2) is 0 Å². The lowest BCUT2D eigenvalue weighted by Gasteiger charge is -2.35. The highest BCUT2D eigenvalue weighted by Crippen LogP contribution is 2.30. The zero-order chi connectivity index (χ0) is 21.7. The topological polar surface area (TPSA) is 32.8 Å². The van der Waals surface area contributed by atoms with E-state index < -0.39 is 12.1 Å². The third kappa shape index (κ3) is 6.36. The maximum absolute atomic E-state index is 12.5. The molecule has 0 radical (unpaired) electrons. The predicted molar refractivity (Wildman–Crippen MR) is 114 cm³/mol. The number of hydrogen-bond acceptors (Lipinski definition) is 3. The van der Waals surface area contributed by atoms with Crippen molar-refractivity contribution < 1.29 is 22.7 Å².